The van der Waals surface area contributed by atoms with Gasteiger partial charge in [0.1, 0.15) is 6.61 Å². The van der Waals surface area contributed by atoms with Crippen LogP contribution in [-0.4, -0.2) is 46.5 Å². The summed E-state index contributed by atoms with van der Waals surface area (Å²) in [4.78, 5) is 3.38. The van der Waals surface area contributed by atoms with Gasteiger partial charge in [0, 0.05) is 22.6 Å². The van der Waals surface area contributed by atoms with Gasteiger partial charge < -0.3 is 13.9 Å². The van der Waals surface area contributed by atoms with Crippen LogP contribution in [0.5, 0.6) is 0 Å². The van der Waals surface area contributed by atoms with Crippen LogP contribution in [0.15, 0.2) is 0 Å². The van der Waals surface area contributed by atoms with E-state index in [1.54, 1.807) is 0 Å². The molecular weight excluding hydrogens is 323 g/mol. The maximum Gasteiger partial charge on any atom is 0.259 e. The third-order valence-electron chi connectivity index (χ3n) is 3.63. The fraction of sp³-hybridized carbons (Fsp3) is 0.929. The largest absolute Gasteiger partial charge is 0.316 e. The molecule has 2 rings (SSSR count). The summed E-state index contributed by atoms with van der Waals surface area (Å²) in [7, 11) is 2.88. The van der Waals surface area contributed by atoms with Crippen molar-refractivity contribution in [1.82, 2.24) is 4.67 Å². The van der Waals surface area contributed by atoms with Crippen molar-refractivity contribution in [2.45, 2.75) is 69.2 Å². The molecule has 120 valence electrons. The lowest BCUT2D eigenvalue weighted by Crippen LogP contribution is -2.36. The quantitative estimate of drug-likeness (QED) is 0.277. The van der Waals surface area contributed by atoms with E-state index in [4.69, 9.17) is 15.6 Å². The third kappa shape index (κ3) is 4.50. The second-order valence-corrected chi connectivity index (χ2v) is 10.1. The molecule has 0 aromatic rings. The van der Waals surface area contributed by atoms with Crippen molar-refractivity contribution in [3.8, 4) is 0 Å². The van der Waals surface area contributed by atoms with Gasteiger partial charge >= 0.3 is 0 Å². The van der Waals surface area contributed by atoms with Gasteiger partial charge in [0.05, 0.1) is 6.10 Å². The van der Waals surface area contributed by atoms with E-state index in [-0.39, 0.29) is 0 Å². The highest BCUT2D eigenvalue weighted by atomic mass is 33.1. The molecule has 2 bridgehead atoms. The lowest BCUT2D eigenvalue weighted by molar-refractivity contribution is 0.143. The molecule has 7 heteroatoms. The fourth-order valence-corrected chi connectivity index (χ4v) is 8.39. The summed E-state index contributed by atoms with van der Waals surface area (Å²) in [6, 6.07) is 0.756. The van der Waals surface area contributed by atoms with E-state index in [0.717, 1.165) is 0 Å². The van der Waals surface area contributed by atoms with Crippen molar-refractivity contribution in [3.63, 3.8) is 0 Å². The number of rotatable bonds is 8. The Kier molecular flexibility index (Phi) is 7.12. The van der Waals surface area contributed by atoms with Gasteiger partial charge in [0.15, 0.2) is 0 Å². The van der Waals surface area contributed by atoms with E-state index >= 15 is 0 Å². The van der Waals surface area contributed by atoms with Crippen LogP contribution in [0.3, 0.4) is 0 Å². The zero-order valence-electron chi connectivity index (χ0n) is 13.2. The maximum atomic E-state index is 6.91. The first-order valence-electron chi connectivity index (χ1n) is 7.58. The average Bonchev–Trinajstić information content (AvgIpc) is 2.97. The summed E-state index contributed by atoms with van der Waals surface area (Å²) < 4.78 is 14.8. The minimum absolute atomic E-state index is 0.319. The van der Waals surface area contributed by atoms with Gasteiger partial charge in [0.25, 0.3) is 8.53 Å². The highest BCUT2D eigenvalue weighted by Gasteiger charge is 2.47. The van der Waals surface area contributed by atoms with Gasteiger partial charge in [-0.05, 0) is 40.5 Å². The molecule has 0 radical (unpaired) electrons. The Labute approximate surface area is 137 Å². The summed E-state index contributed by atoms with van der Waals surface area (Å²) in [6.07, 6.45) is 2.85. The second kappa shape index (κ2) is 8.38. The molecule has 1 aliphatic heterocycles. The lowest BCUT2D eigenvalue weighted by atomic mass is 10.3. The van der Waals surface area contributed by atoms with Crippen molar-refractivity contribution < 1.29 is 9.05 Å². The number of fused-ring (bicyclic) bond motifs is 2. The predicted octanol–water partition coefficient (Wildman–Crippen LogP) is 4.58. The van der Waals surface area contributed by atoms with Crippen molar-refractivity contribution in [2.24, 2.45) is 0 Å². The average molecular weight is 348 g/mol. The SMILES string of the molecule is [C-]#[N+]CCOP(OC1C2CCC1SS2)N(C(C)C)C(C)C. The van der Waals surface area contributed by atoms with E-state index in [2.05, 4.69) is 37.2 Å². The van der Waals surface area contributed by atoms with Gasteiger partial charge in [-0.1, -0.05) is 21.6 Å². The molecule has 1 aliphatic carbocycles. The summed E-state index contributed by atoms with van der Waals surface area (Å²) in [5.41, 5.74) is 0. The van der Waals surface area contributed by atoms with Crippen LogP contribution in [0.2, 0.25) is 0 Å². The highest BCUT2D eigenvalue weighted by molar-refractivity contribution is 8.77. The molecule has 1 saturated heterocycles. The van der Waals surface area contributed by atoms with Gasteiger partial charge in [-0.15, -0.1) is 0 Å². The molecule has 4 nitrogen and oxygen atoms in total. The van der Waals surface area contributed by atoms with Gasteiger partial charge in [-0.25, -0.2) is 11.2 Å². The van der Waals surface area contributed by atoms with E-state index < -0.39 is 8.53 Å². The molecular formula is C14H25N2O2PS2. The Hall–Kier alpha value is 0.500. The van der Waals surface area contributed by atoms with Gasteiger partial charge in [0.2, 0.25) is 6.54 Å². The first-order valence-corrected chi connectivity index (χ1v) is 11.0. The van der Waals surface area contributed by atoms with Gasteiger partial charge in [-0.2, -0.15) is 0 Å². The summed E-state index contributed by atoms with van der Waals surface area (Å²) in [5, 5.41) is 1.24. The Morgan fingerprint density at radius 3 is 2.19 bits per heavy atom. The number of nitrogens with zero attached hydrogens (tertiary/aromatic N) is 2. The molecule has 2 aliphatic rings. The zero-order valence-corrected chi connectivity index (χ0v) is 15.7. The van der Waals surface area contributed by atoms with Crippen LogP contribution in [0, 0.1) is 6.57 Å². The fourth-order valence-electron chi connectivity index (χ4n) is 2.77. The van der Waals surface area contributed by atoms with Crippen molar-refractivity contribution in [3.05, 3.63) is 11.4 Å². The Balaban J connectivity index is 2.02. The van der Waals surface area contributed by atoms with Crippen molar-refractivity contribution >= 4 is 30.1 Å². The molecule has 2 fully saturated rings. The number of hydrogen-bond donors (Lipinski definition) is 0. The van der Waals surface area contributed by atoms with Crippen LogP contribution in [0.1, 0.15) is 40.5 Å². The van der Waals surface area contributed by atoms with E-state index in [0.29, 0.717) is 41.8 Å². The van der Waals surface area contributed by atoms with Crippen LogP contribution in [0.25, 0.3) is 4.85 Å². The summed E-state index contributed by atoms with van der Waals surface area (Å²) in [5.74, 6) is 0. The molecule has 0 amide bonds. The Bertz CT molecular complexity index is 350. The molecule has 3 atom stereocenters. The minimum atomic E-state index is -1.08. The molecule has 1 saturated carbocycles. The van der Waals surface area contributed by atoms with Crippen LogP contribution in [-0.2, 0) is 9.05 Å². The normalized spacial score (nSPS) is 29.5. The summed E-state index contributed by atoms with van der Waals surface area (Å²) in [6.45, 7) is 16.5. The molecule has 0 aromatic heterocycles. The van der Waals surface area contributed by atoms with E-state index in [9.17, 15) is 0 Å². The molecule has 3 unspecified atom stereocenters. The monoisotopic (exact) mass is 348 g/mol. The minimum Gasteiger partial charge on any atom is -0.316 e. The molecule has 21 heavy (non-hydrogen) atoms. The Morgan fingerprint density at radius 1 is 1.19 bits per heavy atom. The first kappa shape index (κ1) is 17.8. The molecule has 0 spiro atoms. The van der Waals surface area contributed by atoms with Crippen LogP contribution in [0.4, 0.5) is 0 Å². The molecule has 0 aromatic carbocycles. The van der Waals surface area contributed by atoms with E-state index in [1.807, 2.05) is 21.6 Å². The summed E-state index contributed by atoms with van der Waals surface area (Å²) >= 11 is 0. The topological polar surface area (TPSA) is 26.1 Å². The van der Waals surface area contributed by atoms with Crippen molar-refractivity contribution in [2.75, 3.05) is 13.2 Å². The highest BCUT2D eigenvalue weighted by Crippen LogP contribution is 2.59. The molecule has 1 heterocycles. The van der Waals surface area contributed by atoms with Crippen LogP contribution >= 0.6 is 30.1 Å². The maximum absolute atomic E-state index is 6.91. The smallest absolute Gasteiger partial charge is 0.259 e. The molecule has 0 N–H and O–H groups in total. The van der Waals surface area contributed by atoms with Gasteiger partial charge in [-0.3, -0.25) is 0 Å². The third-order valence-corrected chi connectivity index (χ3v) is 9.19. The standard InChI is InChI=1S/C14H25N2O2PS2/c1-10(2)16(11(3)4)19(17-9-8-15-5)18-14-12-6-7-13(14)21-20-12/h10-14H,6-9H2,1-4H3. The number of hydrogen-bond acceptors (Lipinski definition) is 5. The predicted molar refractivity (Wildman–Crippen MR) is 93.3 cm³/mol. The first-order chi connectivity index (χ1) is 10.0. The van der Waals surface area contributed by atoms with Crippen molar-refractivity contribution in [1.29, 1.82) is 0 Å². The lowest BCUT2D eigenvalue weighted by Gasteiger charge is -2.37. The second-order valence-electron chi connectivity index (χ2n) is 5.94. The Morgan fingerprint density at radius 2 is 1.76 bits per heavy atom. The van der Waals surface area contributed by atoms with Crippen LogP contribution < -0.4 is 0 Å². The zero-order chi connectivity index (χ0) is 15.4. The van der Waals surface area contributed by atoms with E-state index in [1.165, 1.54) is 12.8 Å².